The summed E-state index contributed by atoms with van der Waals surface area (Å²) in [5.41, 5.74) is 9.74. The Labute approximate surface area is 99.7 Å². The number of hydrogen-bond donors (Lipinski definition) is 3. The second kappa shape index (κ2) is 6.40. The van der Waals surface area contributed by atoms with Crippen molar-refractivity contribution < 1.29 is 4.79 Å². The third kappa shape index (κ3) is 4.12. The van der Waals surface area contributed by atoms with Crippen LogP contribution in [0.3, 0.4) is 0 Å². The fourth-order valence-corrected chi connectivity index (χ4v) is 2.18. The molecule has 0 heterocycles. The minimum Gasteiger partial charge on any atom is -0.399 e. The molecule has 0 aliphatic heterocycles. The van der Waals surface area contributed by atoms with Crippen LogP contribution >= 0.6 is 11.8 Å². The van der Waals surface area contributed by atoms with E-state index in [-0.39, 0.29) is 5.91 Å². The van der Waals surface area contributed by atoms with Crippen molar-refractivity contribution in [3.05, 3.63) is 23.8 Å². The van der Waals surface area contributed by atoms with Crippen LogP contribution in [0.5, 0.6) is 0 Å². The Kier molecular flexibility index (Phi) is 5.14. The number of amides is 1. The van der Waals surface area contributed by atoms with E-state index in [9.17, 15) is 4.79 Å². The second-order valence-corrected chi connectivity index (χ2v) is 4.71. The van der Waals surface area contributed by atoms with Gasteiger partial charge in [-0.05, 0) is 42.9 Å². The highest BCUT2D eigenvalue weighted by atomic mass is 32.2. The molecule has 16 heavy (non-hydrogen) atoms. The van der Waals surface area contributed by atoms with E-state index in [0.29, 0.717) is 6.42 Å². The highest BCUT2D eigenvalue weighted by Gasteiger charge is 2.00. The van der Waals surface area contributed by atoms with Crippen LogP contribution in [0.15, 0.2) is 23.1 Å². The monoisotopic (exact) mass is 239 g/mol. The molecule has 88 valence electrons. The highest BCUT2D eigenvalue weighted by molar-refractivity contribution is 7.99. The first kappa shape index (κ1) is 12.9. The number of nitrogen functional groups attached to an aromatic ring is 1. The average Bonchev–Trinajstić information content (AvgIpc) is 2.28. The molecular formula is C11H17N3OS. The summed E-state index contributed by atoms with van der Waals surface area (Å²) in [6.07, 6.45) is 1.29. The van der Waals surface area contributed by atoms with Gasteiger partial charge in [0, 0.05) is 17.0 Å². The van der Waals surface area contributed by atoms with Gasteiger partial charge >= 0.3 is 0 Å². The fourth-order valence-electron chi connectivity index (χ4n) is 1.23. The van der Waals surface area contributed by atoms with E-state index < -0.39 is 0 Å². The lowest BCUT2D eigenvalue weighted by molar-refractivity contribution is -0.121. The standard InChI is InChI=1S/C11H17N3OS/c1-8-7-9(4-5-10(8)12)16-6-2-3-11(15)14-13/h4-5,7H,2-3,6,12-13H2,1H3,(H,14,15). The lowest BCUT2D eigenvalue weighted by atomic mass is 10.2. The van der Waals surface area contributed by atoms with Crippen LogP contribution in [-0.2, 0) is 4.79 Å². The van der Waals surface area contributed by atoms with E-state index in [2.05, 4.69) is 11.5 Å². The van der Waals surface area contributed by atoms with Gasteiger partial charge in [0.05, 0.1) is 0 Å². The number of rotatable bonds is 5. The molecule has 0 bridgehead atoms. The molecule has 0 radical (unpaired) electrons. The Morgan fingerprint density at radius 2 is 2.25 bits per heavy atom. The lowest BCUT2D eigenvalue weighted by Crippen LogP contribution is -2.29. The first-order chi connectivity index (χ1) is 7.63. The number of aryl methyl sites for hydroxylation is 1. The Hall–Kier alpha value is -1.20. The zero-order valence-electron chi connectivity index (χ0n) is 9.32. The van der Waals surface area contributed by atoms with Gasteiger partial charge in [-0.1, -0.05) is 0 Å². The van der Waals surface area contributed by atoms with Crippen LogP contribution in [-0.4, -0.2) is 11.7 Å². The number of thioether (sulfide) groups is 1. The number of anilines is 1. The first-order valence-electron chi connectivity index (χ1n) is 5.12. The van der Waals surface area contributed by atoms with E-state index >= 15 is 0 Å². The van der Waals surface area contributed by atoms with Gasteiger partial charge in [-0.15, -0.1) is 11.8 Å². The molecule has 0 saturated heterocycles. The van der Waals surface area contributed by atoms with Gasteiger partial charge < -0.3 is 5.73 Å². The predicted molar refractivity (Wildman–Crippen MR) is 67.9 cm³/mol. The molecule has 5 heteroatoms. The largest absolute Gasteiger partial charge is 0.399 e. The summed E-state index contributed by atoms with van der Waals surface area (Å²) in [5.74, 6) is 5.76. The van der Waals surface area contributed by atoms with Crippen LogP contribution in [0.25, 0.3) is 0 Å². The normalized spacial score (nSPS) is 10.1. The number of hydrogen-bond acceptors (Lipinski definition) is 4. The molecule has 0 aliphatic rings. The summed E-state index contributed by atoms with van der Waals surface area (Å²) < 4.78 is 0. The Morgan fingerprint density at radius 3 is 2.88 bits per heavy atom. The van der Waals surface area contributed by atoms with Gasteiger partial charge in [0.15, 0.2) is 0 Å². The summed E-state index contributed by atoms with van der Waals surface area (Å²) in [7, 11) is 0. The lowest BCUT2D eigenvalue weighted by Gasteiger charge is -2.04. The van der Waals surface area contributed by atoms with Crippen LogP contribution < -0.4 is 17.0 Å². The molecule has 4 nitrogen and oxygen atoms in total. The number of carbonyl (C=O) groups is 1. The molecule has 0 saturated carbocycles. The Morgan fingerprint density at radius 1 is 1.50 bits per heavy atom. The maximum absolute atomic E-state index is 10.9. The third-order valence-electron chi connectivity index (χ3n) is 2.22. The van der Waals surface area contributed by atoms with Crippen molar-refractivity contribution in [2.24, 2.45) is 5.84 Å². The molecule has 1 aromatic carbocycles. The highest BCUT2D eigenvalue weighted by Crippen LogP contribution is 2.23. The van der Waals surface area contributed by atoms with Gasteiger partial charge in [0.2, 0.25) is 5.91 Å². The van der Waals surface area contributed by atoms with Crippen LogP contribution in [0.2, 0.25) is 0 Å². The van der Waals surface area contributed by atoms with Crippen LogP contribution in [0.4, 0.5) is 5.69 Å². The van der Waals surface area contributed by atoms with Gasteiger partial charge in [0.25, 0.3) is 0 Å². The topological polar surface area (TPSA) is 81.1 Å². The van der Waals surface area contributed by atoms with Gasteiger partial charge in [-0.2, -0.15) is 0 Å². The maximum atomic E-state index is 10.9. The smallest absolute Gasteiger partial charge is 0.233 e. The molecule has 0 unspecified atom stereocenters. The van der Waals surface area contributed by atoms with E-state index in [1.165, 1.54) is 4.90 Å². The third-order valence-corrected chi connectivity index (χ3v) is 3.30. The molecule has 0 spiro atoms. The number of benzene rings is 1. The number of nitrogens with one attached hydrogen (secondary N) is 1. The van der Waals surface area contributed by atoms with Crippen LogP contribution in [0, 0.1) is 6.92 Å². The zero-order valence-corrected chi connectivity index (χ0v) is 10.1. The van der Waals surface area contributed by atoms with Crippen molar-refractivity contribution >= 4 is 23.4 Å². The van der Waals surface area contributed by atoms with Crippen LogP contribution in [0.1, 0.15) is 18.4 Å². The van der Waals surface area contributed by atoms with E-state index in [1.807, 2.05) is 19.1 Å². The van der Waals surface area contributed by atoms with Gasteiger partial charge in [-0.3, -0.25) is 10.2 Å². The number of nitrogens with two attached hydrogens (primary N) is 2. The second-order valence-electron chi connectivity index (χ2n) is 3.54. The van der Waals surface area contributed by atoms with E-state index in [0.717, 1.165) is 23.4 Å². The van der Waals surface area contributed by atoms with Crippen molar-refractivity contribution in [1.29, 1.82) is 0 Å². The number of hydrazine groups is 1. The molecule has 0 atom stereocenters. The summed E-state index contributed by atoms with van der Waals surface area (Å²) in [5, 5.41) is 0. The first-order valence-corrected chi connectivity index (χ1v) is 6.10. The van der Waals surface area contributed by atoms with Crippen molar-refractivity contribution in [3.8, 4) is 0 Å². The Bertz CT molecular complexity index is 368. The fraction of sp³-hybridized carbons (Fsp3) is 0.364. The molecule has 1 amide bonds. The minimum atomic E-state index is -0.117. The summed E-state index contributed by atoms with van der Waals surface area (Å²) in [4.78, 5) is 12.0. The van der Waals surface area contributed by atoms with Crippen molar-refractivity contribution in [2.75, 3.05) is 11.5 Å². The summed E-state index contributed by atoms with van der Waals surface area (Å²) >= 11 is 1.72. The molecule has 0 aromatic heterocycles. The molecule has 0 aliphatic carbocycles. The SMILES string of the molecule is Cc1cc(SCCCC(=O)NN)ccc1N. The predicted octanol–water partition coefficient (Wildman–Crippen LogP) is 1.44. The summed E-state index contributed by atoms with van der Waals surface area (Å²) in [6.45, 7) is 1.99. The van der Waals surface area contributed by atoms with E-state index in [4.69, 9.17) is 11.6 Å². The van der Waals surface area contributed by atoms with Crippen molar-refractivity contribution in [1.82, 2.24) is 5.43 Å². The maximum Gasteiger partial charge on any atom is 0.233 e. The zero-order chi connectivity index (χ0) is 12.0. The molecule has 1 aromatic rings. The number of carbonyl (C=O) groups excluding carboxylic acids is 1. The minimum absolute atomic E-state index is 0.117. The van der Waals surface area contributed by atoms with Crippen molar-refractivity contribution in [2.45, 2.75) is 24.7 Å². The molecule has 5 N–H and O–H groups in total. The molecule has 1 rings (SSSR count). The molecular weight excluding hydrogens is 222 g/mol. The molecule has 0 fully saturated rings. The van der Waals surface area contributed by atoms with E-state index in [1.54, 1.807) is 11.8 Å². The summed E-state index contributed by atoms with van der Waals surface area (Å²) in [6, 6.07) is 5.96. The average molecular weight is 239 g/mol. The van der Waals surface area contributed by atoms with Crippen molar-refractivity contribution in [3.63, 3.8) is 0 Å². The quantitative estimate of drug-likeness (QED) is 0.181. The van der Waals surface area contributed by atoms with Gasteiger partial charge in [0.1, 0.15) is 0 Å². The Balaban J connectivity index is 2.32. The van der Waals surface area contributed by atoms with Gasteiger partial charge in [-0.25, -0.2) is 5.84 Å².